The Bertz CT molecular complexity index is 1040. The zero-order chi connectivity index (χ0) is 19.7. The number of halogens is 1. The number of hydrogen-bond acceptors (Lipinski definition) is 3. The number of nitrogens with zero attached hydrogens (tertiary/aromatic N) is 5. The van der Waals surface area contributed by atoms with Crippen LogP contribution < -0.4 is 0 Å². The smallest absolute Gasteiger partial charge is 0.165 e. The molecular formula is C22H24FN5. The molecule has 6 heteroatoms. The Labute approximate surface area is 164 Å². The van der Waals surface area contributed by atoms with E-state index in [1.807, 2.05) is 31.0 Å². The highest BCUT2D eigenvalue weighted by atomic mass is 19.1. The highest BCUT2D eigenvalue weighted by Crippen LogP contribution is 2.30. The van der Waals surface area contributed by atoms with Gasteiger partial charge in [-0.15, -0.1) is 0 Å². The van der Waals surface area contributed by atoms with Crippen LogP contribution in [0.2, 0.25) is 0 Å². The molecular weight excluding hydrogens is 353 g/mol. The van der Waals surface area contributed by atoms with Crippen LogP contribution in [0.5, 0.6) is 0 Å². The zero-order valence-corrected chi connectivity index (χ0v) is 16.3. The van der Waals surface area contributed by atoms with Gasteiger partial charge in [0, 0.05) is 49.1 Å². The Hall–Kier alpha value is -2.94. The van der Waals surface area contributed by atoms with Gasteiger partial charge in [-0.2, -0.15) is 15.5 Å². The normalized spacial score (nSPS) is 14.1. The molecule has 0 aliphatic heterocycles. The molecule has 0 saturated heterocycles. The SMILES string of the molecule is CCc1cc(F)ccc1-c1nn(C)cc1Cc1cn(CC2CCC2)nc1C#N. The van der Waals surface area contributed by atoms with Gasteiger partial charge in [0.05, 0.1) is 5.69 Å². The van der Waals surface area contributed by atoms with Crippen molar-refractivity contribution in [2.45, 2.75) is 45.6 Å². The fourth-order valence-electron chi connectivity index (χ4n) is 3.90. The first kappa shape index (κ1) is 18.4. The van der Waals surface area contributed by atoms with Crippen molar-refractivity contribution in [3.8, 4) is 17.3 Å². The number of benzene rings is 1. The summed E-state index contributed by atoms with van der Waals surface area (Å²) in [5, 5.41) is 18.6. The third kappa shape index (κ3) is 3.57. The van der Waals surface area contributed by atoms with Crippen LogP contribution in [0.3, 0.4) is 0 Å². The minimum atomic E-state index is -0.234. The molecule has 28 heavy (non-hydrogen) atoms. The molecule has 0 radical (unpaired) electrons. The lowest BCUT2D eigenvalue weighted by Gasteiger charge is -2.24. The first-order valence-corrected chi connectivity index (χ1v) is 9.85. The molecule has 1 aliphatic rings. The quantitative estimate of drug-likeness (QED) is 0.645. The molecule has 1 saturated carbocycles. The number of hydrogen-bond donors (Lipinski definition) is 0. The summed E-state index contributed by atoms with van der Waals surface area (Å²) in [5.74, 6) is 0.446. The largest absolute Gasteiger partial charge is 0.275 e. The minimum absolute atomic E-state index is 0.234. The van der Waals surface area contributed by atoms with E-state index in [0.717, 1.165) is 40.9 Å². The highest BCUT2D eigenvalue weighted by Gasteiger charge is 2.21. The summed E-state index contributed by atoms with van der Waals surface area (Å²) < 4.78 is 17.4. The van der Waals surface area contributed by atoms with E-state index < -0.39 is 0 Å². The molecule has 0 atom stereocenters. The fourth-order valence-corrected chi connectivity index (χ4v) is 3.90. The van der Waals surface area contributed by atoms with Gasteiger partial charge in [-0.05, 0) is 48.9 Å². The second kappa shape index (κ2) is 7.59. The van der Waals surface area contributed by atoms with E-state index in [-0.39, 0.29) is 5.82 Å². The van der Waals surface area contributed by atoms with Crippen LogP contribution in [0, 0.1) is 23.1 Å². The van der Waals surface area contributed by atoms with Crippen LogP contribution in [0.15, 0.2) is 30.6 Å². The summed E-state index contributed by atoms with van der Waals surface area (Å²) in [6.07, 6.45) is 9.06. The summed E-state index contributed by atoms with van der Waals surface area (Å²) in [7, 11) is 1.88. The average Bonchev–Trinajstić information content (AvgIpc) is 3.21. The van der Waals surface area contributed by atoms with Gasteiger partial charge in [-0.1, -0.05) is 13.3 Å². The average molecular weight is 377 g/mol. The molecule has 0 N–H and O–H groups in total. The monoisotopic (exact) mass is 377 g/mol. The third-order valence-electron chi connectivity index (χ3n) is 5.60. The maximum Gasteiger partial charge on any atom is 0.165 e. The summed E-state index contributed by atoms with van der Waals surface area (Å²) in [4.78, 5) is 0. The Morgan fingerprint density at radius 2 is 2.00 bits per heavy atom. The lowest BCUT2D eigenvalue weighted by Crippen LogP contribution is -2.18. The van der Waals surface area contributed by atoms with Gasteiger partial charge in [0.1, 0.15) is 11.9 Å². The summed E-state index contributed by atoms with van der Waals surface area (Å²) >= 11 is 0. The van der Waals surface area contributed by atoms with Gasteiger partial charge < -0.3 is 0 Å². The van der Waals surface area contributed by atoms with Gasteiger partial charge >= 0.3 is 0 Å². The van der Waals surface area contributed by atoms with Crippen LogP contribution in [-0.4, -0.2) is 19.6 Å². The summed E-state index contributed by atoms with van der Waals surface area (Å²) in [6.45, 7) is 2.89. The van der Waals surface area contributed by atoms with Gasteiger partial charge in [-0.3, -0.25) is 9.36 Å². The molecule has 2 aromatic heterocycles. The van der Waals surface area contributed by atoms with E-state index in [0.29, 0.717) is 18.0 Å². The van der Waals surface area contributed by atoms with Crippen molar-refractivity contribution in [1.82, 2.24) is 19.6 Å². The number of rotatable bonds is 6. The van der Waals surface area contributed by atoms with E-state index in [9.17, 15) is 9.65 Å². The lowest BCUT2D eigenvalue weighted by atomic mass is 9.85. The molecule has 1 fully saturated rings. The van der Waals surface area contributed by atoms with Crippen molar-refractivity contribution in [2.75, 3.05) is 0 Å². The lowest BCUT2D eigenvalue weighted by molar-refractivity contribution is 0.266. The Kier molecular flexibility index (Phi) is 4.99. The molecule has 2 heterocycles. The molecule has 5 nitrogen and oxygen atoms in total. The first-order valence-electron chi connectivity index (χ1n) is 9.85. The van der Waals surface area contributed by atoms with E-state index in [4.69, 9.17) is 0 Å². The number of aryl methyl sites for hydroxylation is 2. The minimum Gasteiger partial charge on any atom is -0.275 e. The predicted molar refractivity (Wildman–Crippen MR) is 105 cm³/mol. The summed E-state index contributed by atoms with van der Waals surface area (Å²) in [6, 6.07) is 7.08. The van der Waals surface area contributed by atoms with Gasteiger partial charge in [0.25, 0.3) is 0 Å². The van der Waals surface area contributed by atoms with Gasteiger partial charge in [-0.25, -0.2) is 4.39 Å². The van der Waals surface area contributed by atoms with Crippen molar-refractivity contribution in [3.05, 3.63) is 58.8 Å². The molecule has 0 bridgehead atoms. The van der Waals surface area contributed by atoms with Crippen molar-refractivity contribution in [2.24, 2.45) is 13.0 Å². The molecule has 144 valence electrons. The number of aromatic nitrogens is 4. The molecule has 4 rings (SSSR count). The first-order chi connectivity index (χ1) is 13.6. The van der Waals surface area contributed by atoms with E-state index in [2.05, 4.69) is 16.3 Å². The van der Waals surface area contributed by atoms with E-state index >= 15 is 0 Å². The second-order valence-electron chi connectivity index (χ2n) is 7.64. The van der Waals surface area contributed by atoms with Crippen molar-refractivity contribution in [1.29, 1.82) is 5.26 Å². The van der Waals surface area contributed by atoms with Crippen LogP contribution in [0.25, 0.3) is 11.3 Å². The van der Waals surface area contributed by atoms with Crippen molar-refractivity contribution < 1.29 is 4.39 Å². The van der Waals surface area contributed by atoms with E-state index in [1.165, 1.54) is 25.3 Å². The molecule has 0 amide bonds. The molecule has 3 aromatic rings. The zero-order valence-electron chi connectivity index (χ0n) is 16.3. The standard InChI is InChI=1S/C22H24FN5/c1-3-16-10-19(23)7-8-20(16)22-18(13-27(2)26-22)9-17-14-28(25-21(17)11-24)12-15-5-4-6-15/h7-8,10,13-15H,3-6,9,12H2,1-2H3. The maximum absolute atomic E-state index is 13.7. The predicted octanol–water partition coefficient (Wildman–Crippen LogP) is 4.25. The summed E-state index contributed by atoms with van der Waals surface area (Å²) in [5.41, 5.74) is 5.12. The van der Waals surface area contributed by atoms with Crippen LogP contribution in [-0.2, 0) is 26.4 Å². The second-order valence-corrected chi connectivity index (χ2v) is 7.64. The van der Waals surface area contributed by atoms with Gasteiger partial charge in [0.2, 0.25) is 0 Å². The molecule has 0 spiro atoms. The van der Waals surface area contributed by atoms with Crippen molar-refractivity contribution >= 4 is 0 Å². The topological polar surface area (TPSA) is 59.4 Å². The molecule has 1 aliphatic carbocycles. The molecule has 0 unspecified atom stereocenters. The van der Waals surface area contributed by atoms with Crippen molar-refractivity contribution in [3.63, 3.8) is 0 Å². The maximum atomic E-state index is 13.7. The van der Waals surface area contributed by atoms with Crippen LogP contribution >= 0.6 is 0 Å². The van der Waals surface area contributed by atoms with Crippen LogP contribution in [0.1, 0.15) is 48.6 Å². The fraction of sp³-hybridized carbons (Fsp3) is 0.409. The third-order valence-corrected chi connectivity index (χ3v) is 5.60. The Morgan fingerprint density at radius 1 is 1.18 bits per heavy atom. The Balaban J connectivity index is 1.67. The Morgan fingerprint density at radius 3 is 2.68 bits per heavy atom. The van der Waals surface area contributed by atoms with Gasteiger partial charge in [0.15, 0.2) is 5.69 Å². The van der Waals surface area contributed by atoms with E-state index in [1.54, 1.807) is 16.8 Å². The van der Waals surface area contributed by atoms with Crippen LogP contribution in [0.4, 0.5) is 4.39 Å². The molecule has 1 aromatic carbocycles. The highest BCUT2D eigenvalue weighted by molar-refractivity contribution is 5.67. The number of nitriles is 1.